The normalized spacial score (nSPS) is 15.7. The van der Waals surface area contributed by atoms with Gasteiger partial charge < -0.3 is 20.1 Å². The molecule has 1 heterocycles. The number of carbonyl (C=O) groups is 1. The summed E-state index contributed by atoms with van der Waals surface area (Å²) in [4.78, 5) is 16.5. The molecule has 1 amide bonds. The van der Waals surface area contributed by atoms with E-state index in [-0.39, 0.29) is 5.91 Å². The van der Waals surface area contributed by atoms with E-state index in [2.05, 4.69) is 10.2 Å². The number of piperazine rings is 1. The summed E-state index contributed by atoms with van der Waals surface area (Å²) >= 11 is 12.5. The maximum absolute atomic E-state index is 12.2. The molecule has 2 N–H and O–H groups in total. The molecule has 31 heavy (non-hydrogen) atoms. The minimum absolute atomic E-state index is 0.0996. The molecule has 1 atom stereocenters. The van der Waals surface area contributed by atoms with Crippen molar-refractivity contribution < 1.29 is 14.6 Å². The molecule has 8 heteroatoms. The second-order valence-corrected chi connectivity index (χ2v) is 8.22. The van der Waals surface area contributed by atoms with Gasteiger partial charge in [0.2, 0.25) is 0 Å². The Labute approximate surface area is 193 Å². The average Bonchev–Trinajstić information content (AvgIpc) is 2.79. The van der Waals surface area contributed by atoms with E-state index in [0.29, 0.717) is 41.8 Å². The highest BCUT2D eigenvalue weighted by atomic mass is 35.5. The van der Waals surface area contributed by atoms with Crippen molar-refractivity contribution >= 4 is 34.8 Å². The number of carbonyl (C=O) groups excluding carboxylic acids is 1. The Morgan fingerprint density at radius 1 is 1.10 bits per heavy atom. The van der Waals surface area contributed by atoms with Gasteiger partial charge in [-0.1, -0.05) is 29.3 Å². The van der Waals surface area contributed by atoms with Crippen molar-refractivity contribution in [3.63, 3.8) is 0 Å². The Morgan fingerprint density at radius 3 is 2.35 bits per heavy atom. The van der Waals surface area contributed by atoms with E-state index in [1.165, 1.54) is 0 Å². The van der Waals surface area contributed by atoms with Crippen LogP contribution in [-0.4, -0.2) is 68.1 Å². The number of anilines is 1. The summed E-state index contributed by atoms with van der Waals surface area (Å²) in [6.07, 6.45) is -0.242. The van der Waals surface area contributed by atoms with Crippen LogP contribution < -0.4 is 10.2 Å². The minimum atomic E-state index is -0.637. The van der Waals surface area contributed by atoms with Crippen molar-refractivity contribution in [3.05, 3.63) is 63.6 Å². The second kappa shape index (κ2) is 11.7. The topological polar surface area (TPSA) is 65.0 Å². The summed E-state index contributed by atoms with van der Waals surface area (Å²) in [7, 11) is 0. The van der Waals surface area contributed by atoms with Gasteiger partial charge in [0, 0.05) is 67.0 Å². The van der Waals surface area contributed by atoms with E-state index in [4.69, 9.17) is 27.9 Å². The van der Waals surface area contributed by atoms with E-state index < -0.39 is 6.23 Å². The molecule has 1 aliphatic heterocycles. The van der Waals surface area contributed by atoms with Crippen LogP contribution in [0.25, 0.3) is 0 Å². The Bertz CT molecular complexity index is 835. The lowest BCUT2D eigenvalue weighted by Crippen LogP contribution is -2.51. The molecule has 1 unspecified atom stereocenters. The third-order valence-corrected chi connectivity index (χ3v) is 6.12. The van der Waals surface area contributed by atoms with Crippen molar-refractivity contribution in [2.24, 2.45) is 0 Å². The zero-order valence-electron chi connectivity index (χ0n) is 17.7. The van der Waals surface area contributed by atoms with Crippen LogP contribution in [0.3, 0.4) is 0 Å². The molecule has 2 aromatic carbocycles. The summed E-state index contributed by atoms with van der Waals surface area (Å²) in [5.41, 5.74) is 2.47. The molecule has 3 rings (SSSR count). The van der Waals surface area contributed by atoms with Crippen LogP contribution in [0.1, 0.15) is 22.8 Å². The molecule has 2 aromatic rings. The summed E-state index contributed by atoms with van der Waals surface area (Å²) < 4.78 is 5.23. The van der Waals surface area contributed by atoms with Crippen molar-refractivity contribution in [2.45, 2.75) is 19.6 Å². The van der Waals surface area contributed by atoms with Gasteiger partial charge in [-0.15, -0.1) is 0 Å². The van der Waals surface area contributed by atoms with Crippen LogP contribution in [0.15, 0.2) is 42.5 Å². The molecule has 0 bridgehead atoms. The van der Waals surface area contributed by atoms with Crippen LogP contribution >= 0.6 is 23.2 Å². The summed E-state index contributed by atoms with van der Waals surface area (Å²) in [5, 5.41) is 14.7. The molecular weight excluding hydrogens is 437 g/mol. The number of benzene rings is 2. The second-order valence-electron chi connectivity index (χ2n) is 7.41. The molecule has 168 valence electrons. The number of amides is 1. The highest BCUT2D eigenvalue weighted by molar-refractivity contribution is 6.36. The molecule has 0 saturated carbocycles. The summed E-state index contributed by atoms with van der Waals surface area (Å²) in [5.74, 6) is -0.0996. The fraction of sp³-hybridized carbons (Fsp3) is 0.435. The van der Waals surface area contributed by atoms with Crippen LogP contribution in [0.2, 0.25) is 10.0 Å². The first kappa shape index (κ1) is 23.8. The van der Waals surface area contributed by atoms with E-state index in [0.717, 1.165) is 37.4 Å². The van der Waals surface area contributed by atoms with Crippen LogP contribution in [0.5, 0.6) is 0 Å². The molecule has 0 aromatic heterocycles. The zero-order valence-corrected chi connectivity index (χ0v) is 19.2. The maximum Gasteiger partial charge on any atom is 0.251 e. The average molecular weight is 466 g/mol. The Balaban J connectivity index is 1.49. The molecule has 1 fully saturated rings. The molecule has 1 aliphatic rings. The molecule has 6 nitrogen and oxygen atoms in total. The van der Waals surface area contributed by atoms with Crippen molar-refractivity contribution in [3.8, 4) is 0 Å². The van der Waals surface area contributed by atoms with Gasteiger partial charge >= 0.3 is 0 Å². The van der Waals surface area contributed by atoms with Crippen molar-refractivity contribution in [1.29, 1.82) is 0 Å². The first-order valence-corrected chi connectivity index (χ1v) is 11.3. The molecule has 0 aliphatic carbocycles. The first-order chi connectivity index (χ1) is 15.0. The van der Waals surface area contributed by atoms with Crippen LogP contribution in [0, 0.1) is 0 Å². The number of ether oxygens (including phenoxy) is 1. The number of hydrogen-bond acceptors (Lipinski definition) is 5. The summed E-state index contributed by atoms with van der Waals surface area (Å²) in [6.45, 7) is 6.60. The number of nitrogens with one attached hydrogen (secondary N) is 1. The highest BCUT2D eigenvalue weighted by Gasteiger charge is 2.24. The number of halogens is 2. The zero-order chi connectivity index (χ0) is 22.2. The predicted molar refractivity (Wildman–Crippen MR) is 125 cm³/mol. The largest absolute Gasteiger partial charge is 0.380 e. The van der Waals surface area contributed by atoms with Gasteiger partial charge in [0.25, 0.3) is 5.91 Å². The SMILES string of the molecule is CCOCCNC(=O)c1ccc(N2CCN(C(O)Cc3c(Cl)cccc3Cl)CC2)cc1. The first-order valence-electron chi connectivity index (χ1n) is 10.6. The van der Waals surface area contributed by atoms with Gasteiger partial charge in [0.1, 0.15) is 6.23 Å². The van der Waals surface area contributed by atoms with Gasteiger partial charge in [0.05, 0.1) is 6.61 Å². The lowest BCUT2D eigenvalue weighted by molar-refractivity contribution is 0.00113. The van der Waals surface area contributed by atoms with Crippen LogP contribution in [-0.2, 0) is 11.2 Å². The van der Waals surface area contributed by atoms with Gasteiger partial charge in [-0.25, -0.2) is 0 Å². The van der Waals surface area contributed by atoms with Gasteiger partial charge in [-0.05, 0) is 48.9 Å². The molecular formula is C23H29Cl2N3O3. The highest BCUT2D eigenvalue weighted by Crippen LogP contribution is 2.26. The van der Waals surface area contributed by atoms with E-state index >= 15 is 0 Å². The Kier molecular flexibility index (Phi) is 8.99. The number of hydrogen-bond donors (Lipinski definition) is 2. The lowest BCUT2D eigenvalue weighted by atomic mass is 10.1. The van der Waals surface area contributed by atoms with Gasteiger partial charge in [-0.2, -0.15) is 0 Å². The van der Waals surface area contributed by atoms with Crippen LogP contribution in [0.4, 0.5) is 5.69 Å². The van der Waals surface area contributed by atoms with E-state index in [9.17, 15) is 9.90 Å². The van der Waals surface area contributed by atoms with E-state index in [1.807, 2.05) is 36.1 Å². The summed E-state index contributed by atoms with van der Waals surface area (Å²) in [6, 6.07) is 13.0. The third-order valence-electron chi connectivity index (χ3n) is 5.41. The minimum Gasteiger partial charge on any atom is -0.380 e. The number of rotatable bonds is 9. The Morgan fingerprint density at radius 2 is 1.74 bits per heavy atom. The fourth-order valence-corrected chi connectivity index (χ4v) is 4.18. The standard InChI is InChI=1S/C23H29Cl2N3O3/c1-2-31-15-10-26-23(30)17-6-8-18(9-7-17)27-11-13-28(14-12-27)22(29)16-19-20(24)4-3-5-21(19)25/h3-9,22,29H,2,10-16H2,1H3,(H,26,30). The lowest BCUT2D eigenvalue weighted by Gasteiger charge is -2.38. The molecule has 0 radical (unpaired) electrons. The predicted octanol–water partition coefficient (Wildman–Crippen LogP) is 3.44. The number of aliphatic hydroxyl groups is 1. The fourth-order valence-electron chi connectivity index (χ4n) is 3.62. The number of aliphatic hydroxyl groups excluding tert-OH is 1. The maximum atomic E-state index is 12.2. The quantitative estimate of drug-likeness (QED) is 0.555. The molecule has 1 saturated heterocycles. The van der Waals surface area contributed by atoms with Gasteiger partial charge in [0.15, 0.2) is 0 Å². The Hall–Kier alpha value is -1.83. The van der Waals surface area contributed by atoms with Crippen molar-refractivity contribution in [1.82, 2.24) is 10.2 Å². The number of nitrogens with zero attached hydrogens (tertiary/aromatic N) is 2. The third kappa shape index (κ3) is 6.57. The monoisotopic (exact) mass is 465 g/mol. The van der Waals surface area contributed by atoms with Gasteiger partial charge in [-0.3, -0.25) is 9.69 Å². The van der Waals surface area contributed by atoms with E-state index in [1.54, 1.807) is 18.2 Å². The smallest absolute Gasteiger partial charge is 0.251 e. The van der Waals surface area contributed by atoms with Crippen molar-refractivity contribution in [2.75, 3.05) is 50.8 Å². The molecule has 0 spiro atoms.